The molecule has 8 rings (SSSR count). The largest absolute Gasteiger partial charge is 0.368 e. The molecule has 14 heteroatoms. The van der Waals surface area contributed by atoms with Crippen molar-refractivity contribution < 1.29 is 27.2 Å². The lowest BCUT2D eigenvalue weighted by molar-refractivity contribution is -0.135. The molecule has 0 radical (unpaired) electrons. The average Bonchev–Trinajstić information content (AvgIpc) is 3.84. The van der Waals surface area contributed by atoms with Crippen molar-refractivity contribution in [1.29, 1.82) is 0 Å². The molecule has 0 atom stereocenters. The van der Waals surface area contributed by atoms with Crippen LogP contribution in [0.1, 0.15) is 40.8 Å². The molecule has 2 saturated heterocycles. The average molecular weight is 797 g/mol. The van der Waals surface area contributed by atoms with E-state index in [0.717, 1.165) is 20.5 Å². The quantitative estimate of drug-likeness (QED) is 0.143. The number of hydrogen-bond donors (Lipinski definition) is 0. The summed E-state index contributed by atoms with van der Waals surface area (Å²) in [7, 11) is 0. The summed E-state index contributed by atoms with van der Waals surface area (Å²) >= 11 is 0. The van der Waals surface area contributed by atoms with E-state index in [9.17, 15) is 27.2 Å². The first-order chi connectivity index (χ1) is 27.9. The van der Waals surface area contributed by atoms with Crippen molar-refractivity contribution in [3.05, 3.63) is 97.1 Å². The van der Waals surface area contributed by atoms with Gasteiger partial charge in [-0.1, -0.05) is 76.2 Å². The lowest BCUT2D eigenvalue weighted by Gasteiger charge is -2.37. The van der Waals surface area contributed by atoms with E-state index in [2.05, 4.69) is 19.8 Å². The minimum atomic E-state index is -2.67. The lowest BCUT2D eigenvalue weighted by Crippen LogP contribution is -2.49. The third kappa shape index (κ3) is 8.37. The predicted octanol–water partition coefficient (Wildman–Crippen LogP) is 8.81. The molecular weight excluding hydrogens is 749 g/mol. The maximum Gasteiger partial charge on any atom is 0.320 e. The number of alkyl halides is 4. The molecule has 4 heterocycles. The van der Waals surface area contributed by atoms with Crippen LogP contribution in [-0.2, 0) is 9.59 Å². The fraction of sp³-hybridized carbons (Fsp3) is 0.364. The molecule has 2 fully saturated rings. The third-order valence-electron chi connectivity index (χ3n) is 10.7. The Morgan fingerprint density at radius 3 is 1.21 bits per heavy atom. The number of carbonyl (C=O) groups excluding carboxylic acids is 2. The van der Waals surface area contributed by atoms with Gasteiger partial charge in [0.2, 0.25) is 11.8 Å². The number of carbonyl (C=O) groups is 2. The first-order valence-electron chi connectivity index (χ1n) is 19.7. The molecule has 0 saturated carbocycles. The van der Waals surface area contributed by atoms with Crippen molar-refractivity contribution in [3.8, 4) is 22.8 Å². The zero-order chi connectivity index (χ0) is 41.1. The Labute approximate surface area is 335 Å². The number of rotatable bonds is 8. The number of fused-ring (bicyclic) bond motifs is 2. The van der Waals surface area contributed by atoms with Crippen LogP contribution >= 0.6 is 0 Å². The number of amides is 2. The highest BCUT2D eigenvalue weighted by Crippen LogP contribution is 2.33. The fourth-order valence-electron chi connectivity index (χ4n) is 7.68. The number of piperazine rings is 2. The van der Waals surface area contributed by atoms with Crippen molar-refractivity contribution in [2.75, 3.05) is 62.2 Å². The minimum absolute atomic E-state index is 0.00721. The summed E-state index contributed by atoms with van der Waals surface area (Å²) in [4.78, 5) is 41.4. The van der Waals surface area contributed by atoms with Crippen molar-refractivity contribution in [3.63, 3.8) is 0 Å². The maximum atomic E-state index is 13.8. The first-order valence-corrected chi connectivity index (χ1v) is 19.7. The van der Waals surface area contributed by atoms with E-state index in [4.69, 9.17) is 0 Å². The molecule has 304 valence electrons. The van der Waals surface area contributed by atoms with Crippen LogP contribution in [0.5, 0.6) is 0 Å². The van der Waals surface area contributed by atoms with Crippen LogP contribution in [0.15, 0.2) is 97.1 Å². The summed E-state index contributed by atoms with van der Waals surface area (Å²) in [5.74, 6) is 0.848. The van der Waals surface area contributed by atoms with Gasteiger partial charge in [0.15, 0.2) is 0 Å². The van der Waals surface area contributed by atoms with Crippen molar-refractivity contribution in [2.24, 2.45) is 11.8 Å². The SMILES string of the molecule is CC(C)C(=O)N1CCN(c2cccc(-c3nc4ccccc4n3C(F)F)c2)CC1.CC(C)C(=O)N1CCN(c2cccc(-c3nc4ccccc4n3C(F)F)c2)CC1. The van der Waals surface area contributed by atoms with E-state index in [1.807, 2.05) is 86.0 Å². The molecule has 2 aliphatic rings. The van der Waals surface area contributed by atoms with Crippen molar-refractivity contribution in [1.82, 2.24) is 28.9 Å². The van der Waals surface area contributed by atoms with Gasteiger partial charge >= 0.3 is 13.1 Å². The molecule has 10 nitrogen and oxygen atoms in total. The topological polar surface area (TPSA) is 82.7 Å². The number of hydrogen-bond acceptors (Lipinski definition) is 6. The summed E-state index contributed by atoms with van der Waals surface area (Å²) < 4.78 is 57.1. The molecular formula is C44H48F4N8O2. The molecule has 2 amide bonds. The van der Waals surface area contributed by atoms with Gasteiger partial charge in [0, 0.05) is 86.7 Å². The number of nitrogens with zero attached hydrogens (tertiary/aromatic N) is 8. The van der Waals surface area contributed by atoms with Crippen LogP contribution in [0.25, 0.3) is 44.8 Å². The molecule has 0 N–H and O–H groups in total. The number of benzene rings is 4. The summed E-state index contributed by atoms with van der Waals surface area (Å²) in [5, 5.41) is 0. The van der Waals surface area contributed by atoms with E-state index < -0.39 is 13.1 Å². The number of para-hydroxylation sites is 4. The summed E-state index contributed by atoms with van der Waals surface area (Å²) in [6, 6.07) is 29.0. The van der Waals surface area contributed by atoms with Gasteiger partial charge in [0.25, 0.3) is 0 Å². The second kappa shape index (κ2) is 17.3. The second-order valence-electron chi connectivity index (χ2n) is 15.2. The van der Waals surface area contributed by atoms with Gasteiger partial charge in [-0.3, -0.25) is 18.7 Å². The van der Waals surface area contributed by atoms with Gasteiger partial charge in [-0.05, 0) is 48.5 Å². The molecule has 0 unspecified atom stereocenters. The highest BCUT2D eigenvalue weighted by molar-refractivity contribution is 5.83. The van der Waals surface area contributed by atoms with Gasteiger partial charge in [0.05, 0.1) is 22.1 Å². The lowest BCUT2D eigenvalue weighted by atomic mass is 10.1. The normalized spacial score (nSPS) is 15.0. The van der Waals surface area contributed by atoms with Crippen molar-refractivity contribution in [2.45, 2.75) is 40.8 Å². The molecule has 0 aliphatic carbocycles. The summed E-state index contributed by atoms with van der Waals surface area (Å²) in [6.07, 6.45) is 0. The Balaban J connectivity index is 0.000000177. The number of aromatic nitrogens is 4. The second-order valence-corrected chi connectivity index (χ2v) is 15.2. The monoisotopic (exact) mass is 796 g/mol. The fourth-order valence-corrected chi connectivity index (χ4v) is 7.68. The molecule has 2 aliphatic heterocycles. The summed E-state index contributed by atoms with van der Waals surface area (Å²) in [5.41, 5.74) is 5.15. The third-order valence-corrected chi connectivity index (χ3v) is 10.7. The zero-order valence-electron chi connectivity index (χ0n) is 33.1. The first kappa shape index (κ1) is 40.3. The molecule has 6 aromatic rings. The Kier molecular flexibility index (Phi) is 12.0. The van der Waals surface area contributed by atoms with Gasteiger partial charge in [-0.15, -0.1) is 0 Å². The van der Waals surface area contributed by atoms with Crippen LogP contribution < -0.4 is 9.80 Å². The standard InChI is InChI=1S/2C22H24F2N4O/c2*1-15(2)21(29)27-12-10-26(11-13-27)17-7-5-6-16(14-17)20-25-18-8-3-4-9-19(18)28(20)22(23)24/h2*3-9,14-15,22H,10-13H2,1-2H3. The minimum Gasteiger partial charge on any atom is -0.368 e. The van der Waals surface area contributed by atoms with E-state index >= 15 is 0 Å². The van der Waals surface area contributed by atoms with E-state index in [1.165, 1.54) is 0 Å². The maximum absolute atomic E-state index is 13.8. The van der Waals surface area contributed by atoms with Crippen LogP contribution in [0.3, 0.4) is 0 Å². The van der Waals surface area contributed by atoms with Crippen molar-refractivity contribution >= 4 is 45.3 Å². The van der Waals surface area contributed by atoms with E-state index in [-0.39, 0.29) is 35.3 Å². The highest BCUT2D eigenvalue weighted by atomic mass is 19.3. The van der Waals surface area contributed by atoms with Crippen LogP contribution in [0.4, 0.5) is 28.9 Å². The number of imidazole rings is 2. The van der Waals surface area contributed by atoms with Gasteiger partial charge in [0.1, 0.15) is 11.6 Å². The predicted molar refractivity (Wildman–Crippen MR) is 220 cm³/mol. The Bertz CT molecular complexity index is 2210. The Hall–Kier alpha value is -5.92. The van der Waals surface area contributed by atoms with E-state index in [0.29, 0.717) is 85.6 Å². The zero-order valence-corrected chi connectivity index (χ0v) is 33.1. The number of anilines is 2. The van der Waals surface area contributed by atoms with Gasteiger partial charge in [-0.2, -0.15) is 17.6 Å². The molecule has 58 heavy (non-hydrogen) atoms. The molecule has 0 bridgehead atoms. The van der Waals surface area contributed by atoms with Crippen LogP contribution in [0.2, 0.25) is 0 Å². The molecule has 4 aromatic carbocycles. The van der Waals surface area contributed by atoms with Gasteiger partial charge in [-0.25, -0.2) is 9.97 Å². The number of halogens is 4. The Morgan fingerprint density at radius 1 is 0.500 bits per heavy atom. The van der Waals surface area contributed by atoms with Crippen LogP contribution in [-0.4, -0.2) is 93.1 Å². The molecule has 2 aromatic heterocycles. The summed E-state index contributed by atoms with van der Waals surface area (Å²) in [6.45, 7) is 7.81. The highest BCUT2D eigenvalue weighted by Gasteiger charge is 2.26. The Morgan fingerprint density at radius 2 is 0.862 bits per heavy atom. The molecule has 0 spiro atoms. The smallest absolute Gasteiger partial charge is 0.320 e. The van der Waals surface area contributed by atoms with Crippen LogP contribution in [0, 0.1) is 11.8 Å². The van der Waals surface area contributed by atoms with Gasteiger partial charge < -0.3 is 19.6 Å². The van der Waals surface area contributed by atoms with E-state index in [1.54, 1.807) is 48.5 Å².